The van der Waals surface area contributed by atoms with Crippen molar-refractivity contribution in [3.63, 3.8) is 0 Å². The highest BCUT2D eigenvalue weighted by Gasteiger charge is 2.03. The monoisotopic (exact) mass is 313 g/mol. The molecule has 3 rings (SSSR count). The van der Waals surface area contributed by atoms with Crippen molar-refractivity contribution in [2.45, 2.75) is 46.1 Å². The fourth-order valence-electron chi connectivity index (χ4n) is 2.71. The molecule has 0 amide bonds. The van der Waals surface area contributed by atoms with Gasteiger partial charge in [0.1, 0.15) is 17.6 Å². The van der Waals surface area contributed by atoms with Crippen LogP contribution in [0.1, 0.15) is 37.1 Å². The number of hydrogen-bond donors (Lipinski definition) is 0. The molecule has 0 saturated heterocycles. The van der Waals surface area contributed by atoms with Crippen LogP contribution in [0.5, 0.6) is 0 Å². The number of aromatic nitrogens is 5. The predicted molar refractivity (Wildman–Crippen MR) is 89.1 cm³/mol. The summed E-state index contributed by atoms with van der Waals surface area (Å²) in [5, 5.41) is 12.6. The third kappa shape index (κ3) is 3.88. The van der Waals surface area contributed by atoms with E-state index in [9.17, 15) is 0 Å². The van der Waals surface area contributed by atoms with Crippen molar-refractivity contribution in [1.82, 2.24) is 24.9 Å². The summed E-state index contributed by atoms with van der Waals surface area (Å²) in [7, 11) is 0. The summed E-state index contributed by atoms with van der Waals surface area (Å²) in [5.74, 6) is 0. The van der Waals surface area contributed by atoms with Crippen LogP contribution in [0.15, 0.2) is 30.3 Å². The predicted octanol–water partition coefficient (Wildman–Crippen LogP) is 2.93. The van der Waals surface area contributed by atoms with Crippen molar-refractivity contribution in [2.24, 2.45) is 0 Å². The lowest BCUT2D eigenvalue weighted by atomic mass is 10.2. The third-order valence-corrected chi connectivity index (χ3v) is 3.90. The van der Waals surface area contributed by atoms with Gasteiger partial charge in [-0.25, -0.2) is 0 Å². The van der Waals surface area contributed by atoms with Crippen molar-refractivity contribution >= 4 is 11.0 Å². The molecular weight excluding hydrogens is 290 g/mol. The van der Waals surface area contributed by atoms with Crippen molar-refractivity contribution in [3.05, 3.63) is 41.7 Å². The lowest BCUT2D eigenvalue weighted by molar-refractivity contribution is 0.0842. The van der Waals surface area contributed by atoms with E-state index in [0.717, 1.165) is 42.5 Å². The number of fused-ring (bicyclic) bond motifs is 1. The Morgan fingerprint density at radius 2 is 1.87 bits per heavy atom. The first-order valence-corrected chi connectivity index (χ1v) is 8.19. The van der Waals surface area contributed by atoms with Gasteiger partial charge in [-0.2, -0.15) is 5.10 Å². The zero-order valence-electron chi connectivity index (χ0n) is 13.8. The molecule has 0 unspecified atom stereocenters. The van der Waals surface area contributed by atoms with Gasteiger partial charge in [-0.05, 0) is 56.5 Å². The van der Waals surface area contributed by atoms with Crippen LogP contribution in [-0.2, 0) is 6.54 Å². The van der Waals surface area contributed by atoms with Crippen LogP contribution in [0.25, 0.3) is 11.0 Å². The fraction of sp³-hybridized carbons (Fsp3) is 0.471. The van der Waals surface area contributed by atoms with Crippen LogP contribution in [0, 0.1) is 13.8 Å². The van der Waals surface area contributed by atoms with Crippen molar-refractivity contribution in [3.8, 4) is 0 Å². The molecule has 1 aromatic carbocycles. The summed E-state index contributed by atoms with van der Waals surface area (Å²) in [6.45, 7) is 5.80. The lowest BCUT2D eigenvalue weighted by Crippen LogP contribution is -2.14. The quantitative estimate of drug-likeness (QED) is 0.600. The summed E-state index contributed by atoms with van der Waals surface area (Å²) < 4.78 is 2.09. The molecule has 0 fully saturated rings. The van der Waals surface area contributed by atoms with E-state index in [-0.39, 0.29) is 0 Å². The average Bonchev–Trinajstić information content (AvgIpc) is 3.09. The zero-order valence-corrected chi connectivity index (χ0v) is 13.8. The molecule has 0 bridgehead atoms. The van der Waals surface area contributed by atoms with Gasteiger partial charge >= 0.3 is 0 Å². The summed E-state index contributed by atoms with van der Waals surface area (Å²) in [4.78, 5) is 7.19. The molecule has 6 heteroatoms. The van der Waals surface area contributed by atoms with Gasteiger partial charge < -0.3 is 4.84 Å². The summed E-state index contributed by atoms with van der Waals surface area (Å²) in [6.07, 6.45) is 4.49. The summed E-state index contributed by atoms with van der Waals surface area (Å²) >= 11 is 0. The number of rotatable bonds is 8. The van der Waals surface area contributed by atoms with E-state index in [0.29, 0.717) is 6.61 Å². The minimum atomic E-state index is 0.660. The molecule has 0 N–H and O–H groups in total. The molecule has 3 aromatic rings. The van der Waals surface area contributed by atoms with E-state index in [2.05, 4.69) is 33.1 Å². The maximum absolute atomic E-state index is 5.67. The molecule has 6 nitrogen and oxygen atoms in total. The second-order valence-corrected chi connectivity index (χ2v) is 5.85. The van der Waals surface area contributed by atoms with Crippen LogP contribution in [0.3, 0.4) is 0 Å². The van der Waals surface area contributed by atoms with Crippen molar-refractivity contribution in [1.29, 1.82) is 0 Å². The molecule has 0 spiro atoms. The topological polar surface area (TPSA) is 57.8 Å². The minimum absolute atomic E-state index is 0.660. The normalized spacial score (nSPS) is 11.2. The standard InChI is InChI=1S/C17H23N5O/c1-14-13-15(2)21(19-14)11-7-3-4-8-12-23-22-17-10-6-5-9-16(17)18-20-22/h5-6,9-10,13H,3-4,7-8,11-12H2,1-2H3. The SMILES string of the molecule is Cc1cc(C)n(CCCCCCOn2nnc3ccccc32)n1. The first-order chi connectivity index (χ1) is 11.2. The fourth-order valence-corrected chi connectivity index (χ4v) is 2.71. The maximum Gasteiger partial charge on any atom is 0.130 e. The highest BCUT2D eigenvalue weighted by atomic mass is 16.7. The van der Waals surface area contributed by atoms with E-state index in [1.807, 2.05) is 31.2 Å². The van der Waals surface area contributed by atoms with Gasteiger partial charge in [-0.3, -0.25) is 4.68 Å². The number of nitrogens with zero attached hydrogens (tertiary/aromatic N) is 5. The lowest BCUT2D eigenvalue weighted by Gasteiger charge is -2.06. The van der Waals surface area contributed by atoms with E-state index in [1.54, 1.807) is 0 Å². The molecule has 0 aliphatic carbocycles. The molecule has 0 atom stereocenters. The summed E-state index contributed by atoms with van der Waals surface area (Å²) in [6, 6.07) is 9.93. The largest absolute Gasteiger partial charge is 0.395 e. The van der Waals surface area contributed by atoms with Gasteiger partial charge in [-0.15, -0.1) is 5.10 Å². The first kappa shape index (κ1) is 15.5. The minimum Gasteiger partial charge on any atom is -0.395 e. The second kappa shape index (κ2) is 7.26. The smallest absolute Gasteiger partial charge is 0.130 e. The Labute approximate surface area is 136 Å². The molecule has 23 heavy (non-hydrogen) atoms. The molecule has 0 aliphatic rings. The number of para-hydroxylation sites is 1. The maximum atomic E-state index is 5.67. The van der Waals surface area contributed by atoms with Crippen LogP contribution >= 0.6 is 0 Å². The molecule has 0 radical (unpaired) electrons. The Morgan fingerprint density at radius 1 is 1.04 bits per heavy atom. The van der Waals surface area contributed by atoms with E-state index < -0.39 is 0 Å². The highest BCUT2D eigenvalue weighted by molar-refractivity contribution is 5.73. The van der Waals surface area contributed by atoms with Crippen LogP contribution in [-0.4, -0.2) is 31.5 Å². The molecule has 2 heterocycles. The van der Waals surface area contributed by atoms with Crippen molar-refractivity contribution < 1.29 is 4.84 Å². The van der Waals surface area contributed by atoms with Crippen LogP contribution < -0.4 is 4.84 Å². The molecule has 0 aliphatic heterocycles. The number of aryl methyl sites for hydroxylation is 3. The van der Waals surface area contributed by atoms with Gasteiger partial charge in [0.25, 0.3) is 0 Å². The van der Waals surface area contributed by atoms with E-state index >= 15 is 0 Å². The number of benzene rings is 1. The van der Waals surface area contributed by atoms with Gasteiger partial charge in [0.05, 0.1) is 5.69 Å². The number of unbranched alkanes of at least 4 members (excludes halogenated alkanes) is 3. The van der Waals surface area contributed by atoms with Gasteiger partial charge in [0.15, 0.2) is 0 Å². The highest BCUT2D eigenvalue weighted by Crippen LogP contribution is 2.09. The average molecular weight is 313 g/mol. The summed E-state index contributed by atoms with van der Waals surface area (Å²) in [5.41, 5.74) is 4.11. The zero-order chi connectivity index (χ0) is 16.1. The number of hydrogen-bond acceptors (Lipinski definition) is 4. The van der Waals surface area contributed by atoms with Crippen LogP contribution in [0.4, 0.5) is 0 Å². The molecular formula is C17H23N5O. The van der Waals surface area contributed by atoms with Gasteiger partial charge in [0, 0.05) is 12.2 Å². The van der Waals surface area contributed by atoms with Gasteiger partial charge in [-0.1, -0.05) is 23.4 Å². The third-order valence-electron chi connectivity index (χ3n) is 3.90. The van der Waals surface area contributed by atoms with E-state index in [1.165, 1.54) is 17.0 Å². The van der Waals surface area contributed by atoms with E-state index in [4.69, 9.17) is 4.84 Å². The Kier molecular flexibility index (Phi) is 4.90. The molecule has 0 saturated carbocycles. The van der Waals surface area contributed by atoms with Crippen molar-refractivity contribution in [2.75, 3.05) is 6.61 Å². The van der Waals surface area contributed by atoms with Gasteiger partial charge in [0.2, 0.25) is 0 Å². The Balaban J connectivity index is 1.33. The Bertz CT molecular complexity index is 761. The second-order valence-electron chi connectivity index (χ2n) is 5.85. The Hall–Kier alpha value is -2.37. The molecule has 122 valence electrons. The Morgan fingerprint density at radius 3 is 2.70 bits per heavy atom. The molecule has 2 aromatic heterocycles. The van der Waals surface area contributed by atoms with Crippen LogP contribution in [0.2, 0.25) is 0 Å². The first-order valence-electron chi connectivity index (χ1n) is 8.19.